The summed E-state index contributed by atoms with van der Waals surface area (Å²) in [5.41, 5.74) is 6.08. The number of rotatable bonds is 7. The van der Waals surface area contributed by atoms with Gasteiger partial charge in [0.1, 0.15) is 11.4 Å². The minimum atomic E-state index is -1.37. The molecule has 1 aliphatic carbocycles. The minimum Gasteiger partial charge on any atom is -0.480 e. The Labute approximate surface area is 153 Å². The van der Waals surface area contributed by atoms with Crippen molar-refractivity contribution in [2.45, 2.75) is 37.7 Å². The number of hydrogen-bond acceptors (Lipinski definition) is 5. The zero-order chi connectivity index (χ0) is 18.9. The summed E-state index contributed by atoms with van der Waals surface area (Å²) in [7, 11) is -1.37. The molecule has 0 radical (unpaired) electrons. The lowest BCUT2D eigenvalue weighted by atomic mass is 9.76. The van der Waals surface area contributed by atoms with Crippen LogP contribution in [-0.4, -0.2) is 51.8 Å². The first-order valence-electron chi connectivity index (χ1n) is 9.15. The third kappa shape index (κ3) is 3.93. The van der Waals surface area contributed by atoms with E-state index < -0.39 is 18.6 Å². The second-order valence-electron chi connectivity index (χ2n) is 7.81. The molecular weight excluding hydrogens is 338 g/mol. The molecule has 1 aliphatic heterocycles. The summed E-state index contributed by atoms with van der Waals surface area (Å²) >= 11 is 0. The fraction of sp³-hybridized carbons (Fsp3) is 0.611. The van der Waals surface area contributed by atoms with Gasteiger partial charge >= 0.3 is 13.1 Å². The molecule has 3 rings (SSSR count). The van der Waals surface area contributed by atoms with Crippen LogP contribution in [0.5, 0.6) is 0 Å². The van der Waals surface area contributed by atoms with Gasteiger partial charge in [-0.2, -0.15) is 0 Å². The molecule has 0 spiro atoms. The lowest BCUT2D eigenvalue weighted by molar-refractivity contribution is -0.145. The monoisotopic (exact) mass is 364 g/mol. The van der Waals surface area contributed by atoms with Crippen LogP contribution in [0.2, 0.25) is 6.32 Å². The van der Waals surface area contributed by atoms with Crippen LogP contribution in [0.4, 0.5) is 4.39 Å². The third-order valence-corrected chi connectivity index (χ3v) is 6.04. The van der Waals surface area contributed by atoms with Gasteiger partial charge in [-0.15, -0.1) is 0 Å². The molecule has 2 aliphatic rings. The van der Waals surface area contributed by atoms with Gasteiger partial charge in [-0.1, -0.05) is 18.6 Å². The number of carboxylic acids is 1. The highest BCUT2D eigenvalue weighted by Crippen LogP contribution is 2.49. The van der Waals surface area contributed by atoms with Crippen LogP contribution >= 0.6 is 0 Å². The average Bonchev–Trinajstić information content (AvgIpc) is 3.05. The van der Waals surface area contributed by atoms with Crippen LogP contribution in [0.25, 0.3) is 0 Å². The molecule has 1 heterocycles. The first-order valence-corrected chi connectivity index (χ1v) is 9.15. The SMILES string of the molecule is N[C@@]1(C(=O)O)C[C@H]2CN(Cc3ccc(F)cc3)C[C@H]2[C@@H]1CCCB(O)O. The molecule has 8 heteroatoms. The van der Waals surface area contributed by atoms with Crippen molar-refractivity contribution in [2.75, 3.05) is 13.1 Å². The van der Waals surface area contributed by atoms with E-state index in [0.29, 0.717) is 25.8 Å². The van der Waals surface area contributed by atoms with Crippen molar-refractivity contribution in [3.63, 3.8) is 0 Å². The third-order valence-electron chi connectivity index (χ3n) is 6.04. The maximum atomic E-state index is 13.1. The number of carboxylic acid groups (broad SMARTS) is 1. The molecule has 0 bridgehead atoms. The molecule has 0 unspecified atom stereocenters. The summed E-state index contributed by atoms with van der Waals surface area (Å²) in [5, 5.41) is 27.8. The van der Waals surface area contributed by atoms with Gasteiger partial charge in [-0.05, 0) is 54.6 Å². The Balaban J connectivity index is 1.67. The van der Waals surface area contributed by atoms with E-state index in [9.17, 15) is 14.3 Å². The molecule has 5 N–H and O–H groups in total. The van der Waals surface area contributed by atoms with Crippen LogP contribution in [0.3, 0.4) is 0 Å². The molecule has 26 heavy (non-hydrogen) atoms. The number of carbonyl (C=O) groups is 1. The lowest BCUT2D eigenvalue weighted by Crippen LogP contribution is -2.53. The van der Waals surface area contributed by atoms with E-state index in [1.165, 1.54) is 12.1 Å². The van der Waals surface area contributed by atoms with Crippen molar-refractivity contribution >= 4 is 13.1 Å². The summed E-state index contributed by atoms with van der Waals surface area (Å²) in [6, 6.07) is 6.44. The summed E-state index contributed by atoms with van der Waals surface area (Å²) in [6.45, 7) is 2.26. The van der Waals surface area contributed by atoms with Gasteiger partial charge in [0, 0.05) is 19.6 Å². The maximum absolute atomic E-state index is 13.1. The molecule has 1 saturated carbocycles. The van der Waals surface area contributed by atoms with E-state index in [0.717, 1.165) is 18.7 Å². The van der Waals surface area contributed by atoms with Crippen LogP contribution < -0.4 is 5.73 Å². The quantitative estimate of drug-likeness (QED) is 0.537. The van der Waals surface area contributed by atoms with Crippen molar-refractivity contribution in [2.24, 2.45) is 23.5 Å². The zero-order valence-electron chi connectivity index (χ0n) is 14.7. The normalized spacial score (nSPS) is 31.2. The topological polar surface area (TPSA) is 107 Å². The molecule has 2 fully saturated rings. The molecule has 4 atom stereocenters. The van der Waals surface area contributed by atoms with E-state index in [-0.39, 0.29) is 29.9 Å². The number of nitrogens with zero attached hydrogens (tertiary/aromatic N) is 1. The van der Waals surface area contributed by atoms with Crippen LogP contribution in [0, 0.1) is 23.6 Å². The molecular formula is C18H26BFN2O4. The van der Waals surface area contributed by atoms with Gasteiger partial charge in [-0.3, -0.25) is 9.69 Å². The van der Waals surface area contributed by atoms with Gasteiger partial charge in [0.15, 0.2) is 0 Å². The van der Waals surface area contributed by atoms with Gasteiger partial charge in [-0.25, -0.2) is 4.39 Å². The highest BCUT2D eigenvalue weighted by molar-refractivity contribution is 6.40. The molecule has 1 saturated heterocycles. The Kier molecular flexibility index (Phi) is 5.67. The van der Waals surface area contributed by atoms with Crippen molar-refractivity contribution in [3.8, 4) is 0 Å². The number of aliphatic carboxylic acids is 1. The van der Waals surface area contributed by atoms with Crippen molar-refractivity contribution in [1.29, 1.82) is 0 Å². The Bertz CT molecular complexity index is 645. The molecule has 1 aromatic carbocycles. The summed E-state index contributed by atoms with van der Waals surface area (Å²) in [4.78, 5) is 14.1. The average molecular weight is 364 g/mol. The Morgan fingerprint density at radius 2 is 2.00 bits per heavy atom. The number of hydrogen-bond donors (Lipinski definition) is 4. The number of benzene rings is 1. The fourth-order valence-electron chi connectivity index (χ4n) is 4.84. The van der Waals surface area contributed by atoms with E-state index in [4.69, 9.17) is 15.8 Å². The van der Waals surface area contributed by atoms with E-state index in [2.05, 4.69) is 4.90 Å². The molecule has 0 amide bonds. The Morgan fingerprint density at radius 1 is 1.31 bits per heavy atom. The van der Waals surface area contributed by atoms with Gasteiger partial charge < -0.3 is 20.9 Å². The van der Waals surface area contributed by atoms with Crippen LogP contribution in [0.1, 0.15) is 24.8 Å². The standard InChI is InChI=1S/C18H26BFN2O4/c20-14-5-3-12(4-6-14)9-22-10-13-8-18(21,17(23)24)16(15(13)11-22)2-1-7-19(25)26/h3-6,13,15-16,25-26H,1-2,7-11,21H2,(H,23,24)/t13-,15+,16-,18-/m0/s1. The number of likely N-dealkylation sites (tertiary alicyclic amines) is 1. The van der Waals surface area contributed by atoms with E-state index >= 15 is 0 Å². The van der Waals surface area contributed by atoms with Gasteiger partial charge in [0.2, 0.25) is 0 Å². The predicted molar refractivity (Wildman–Crippen MR) is 95.6 cm³/mol. The minimum absolute atomic E-state index is 0.179. The molecule has 142 valence electrons. The predicted octanol–water partition coefficient (Wildman–Crippen LogP) is 0.929. The van der Waals surface area contributed by atoms with Gasteiger partial charge in [0.25, 0.3) is 0 Å². The fourth-order valence-corrected chi connectivity index (χ4v) is 4.84. The lowest BCUT2D eigenvalue weighted by Gasteiger charge is -2.31. The highest BCUT2D eigenvalue weighted by atomic mass is 19.1. The zero-order valence-corrected chi connectivity index (χ0v) is 14.7. The summed E-state index contributed by atoms with van der Waals surface area (Å²) in [5.74, 6) is -0.992. The van der Waals surface area contributed by atoms with Crippen molar-refractivity contribution in [1.82, 2.24) is 4.90 Å². The van der Waals surface area contributed by atoms with Gasteiger partial charge in [0.05, 0.1) is 0 Å². The molecule has 1 aromatic rings. The summed E-state index contributed by atoms with van der Waals surface area (Å²) in [6.07, 6.45) is 1.78. The Morgan fingerprint density at radius 3 is 2.62 bits per heavy atom. The number of fused-ring (bicyclic) bond motifs is 1. The Hall–Kier alpha value is -1.48. The smallest absolute Gasteiger partial charge is 0.451 e. The molecule has 0 aromatic heterocycles. The van der Waals surface area contributed by atoms with Crippen molar-refractivity contribution in [3.05, 3.63) is 35.6 Å². The highest BCUT2D eigenvalue weighted by Gasteiger charge is 2.57. The van der Waals surface area contributed by atoms with E-state index in [1.807, 2.05) is 0 Å². The largest absolute Gasteiger partial charge is 0.480 e. The van der Waals surface area contributed by atoms with Crippen LogP contribution in [0.15, 0.2) is 24.3 Å². The first kappa shape index (κ1) is 19.3. The second-order valence-corrected chi connectivity index (χ2v) is 7.81. The van der Waals surface area contributed by atoms with E-state index in [1.54, 1.807) is 12.1 Å². The van der Waals surface area contributed by atoms with Crippen molar-refractivity contribution < 1.29 is 24.3 Å². The number of nitrogens with two attached hydrogens (primary N) is 1. The first-order chi connectivity index (χ1) is 12.3. The second kappa shape index (κ2) is 7.64. The number of halogens is 1. The maximum Gasteiger partial charge on any atom is 0.451 e. The summed E-state index contributed by atoms with van der Waals surface area (Å²) < 4.78 is 13.1. The van der Waals surface area contributed by atoms with Crippen LogP contribution in [-0.2, 0) is 11.3 Å². The molecule has 6 nitrogen and oxygen atoms in total.